The Kier molecular flexibility index (Phi) is 32.6. The van der Waals surface area contributed by atoms with E-state index in [1.54, 1.807) is 49.5 Å². The zero-order chi connectivity index (χ0) is 70.6. The van der Waals surface area contributed by atoms with Crippen molar-refractivity contribution in [2.24, 2.45) is 0 Å². The number of aromatic nitrogens is 4. The van der Waals surface area contributed by atoms with Crippen molar-refractivity contribution in [1.82, 2.24) is 19.9 Å². The van der Waals surface area contributed by atoms with Gasteiger partial charge in [-0.25, -0.2) is 8.42 Å². The molecule has 11 nitrogen and oxygen atoms in total. The number of nitrogens with zero attached hydrogens (tertiary/aromatic N) is 4. The minimum Gasteiger partial charge on any atom is -0.748 e. The Labute approximate surface area is 586 Å². The molecule has 0 spiro atoms. The number of aliphatic hydroxyl groups excluding tert-OH is 2. The molecule has 2 N–H and O–H groups in total. The average Bonchev–Trinajstić information content (AvgIpc) is 1.59. The SMILES string of the molecule is C.C#CC#CC.CO.CO.CS(=O)(=O)[O-].C[Si](C)(C)c1cccc2oc3c(-c4ccccn4)[c-]ccc3c12.C[Si](C)(C)c1cccc2oc3c(-c4ccccn4)cccc3c12.[2H]C([2H])([2H])c1ccc(-c2[c-]cccc2)nc1.[2H]C([2H])([2H])c1ccc(-c2[c-]cccc2)nc1.[B][B][B].[Ir].[Ir]. The van der Waals surface area contributed by atoms with Crippen LogP contribution < -0.4 is 10.4 Å². The second kappa shape index (κ2) is 41.8. The van der Waals surface area contributed by atoms with Crippen molar-refractivity contribution in [1.29, 1.82) is 0 Å². The van der Waals surface area contributed by atoms with Gasteiger partial charge in [0.05, 0.1) is 37.5 Å². The third-order valence-corrected chi connectivity index (χ3v) is 16.2. The summed E-state index contributed by atoms with van der Waals surface area (Å²) < 4.78 is 83.1. The quantitative estimate of drug-likeness (QED) is 0.0701. The molecule has 0 saturated heterocycles. The second-order valence-corrected chi connectivity index (χ2v) is 32.1. The van der Waals surface area contributed by atoms with E-state index in [2.05, 4.69) is 171 Å². The van der Waals surface area contributed by atoms with Crippen LogP contribution in [0.2, 0.25) is 39.3 Å². The van der Waals surface area contributed by atoms with Crippen LogP contribution in [0.15, 0.2) is 210 Å². The molecule has 92 heavy (non-hydrogen) atoms. The third-order valence-electron chi connectivity index (χ3n) is 12.2. The summed E-state index contributed by atoms with van der Waals surface area (Å²) >= 11 is 0. The van der Waals surface area contributed by atoms with Gasteiger partial charge in [0.25, 0.3) is 0 Å². The van der Waals surface area contributed by atoms with Crippen LogP contribution in [0.25, 0.3) is 88.9 Å². The Bertz CT molecular complexity index is 4270. The van der Waals surface area contributed by atoms with E-state index in [4.69, 9.17) is 46.7 Å². The van der Waals surface area contributed by atoms with Crippen molar-refractivity contribution in [2.75, 3.05) is 20.5 Å². The third kappa shape index (κ3) is 25.5. The van der Waals surface area contributed by atoms with Crippen LogP contribution in [0.3, 0.4) is 0 Å². The number of benzene rings is 6. The molecule has 12 aromatic rings. The molecule has 0 aliphatic heterocycles. The summed E-state index contributed by atoms with van der Waals surface area (Å²) in [6.07, 6.45) is 11.7. The van der Waals surface area contributed by atoms with Crippen molar-refractivity contribution in [3.05, 3.63) is 230 Å². The molecule has 475 valence electrons. The Hall–Kier alpha value is -7.60. The number of hydrogen-bond donors (Lipinski definition) is 2. The van der Waals surface area contributed by atoms with E-state index in [0.29, 0.717) is 6.26 Å². The van der Waals surface area contributed by atoms with Crippen LogP contribution in [0.4, 0.5) is 0 Å². The molecular formula is C73H76B3Ir2N4O7SSi2-4. The minimum absolute atomic E-state index is 0. The molecule has 0 atom stereocenters. The Morgan fingerprint density at radius 2 is 1.00 bits per heavy atom. The summed E-state index contributed by atoms with van der Waals surface area (Å²) in [4.78, 5) is 17.2. The van der Waals surface area contributed by atoms with Gasteiger partial charge in [-0.1, -0.05) is 148 Å². The van der Waals surface area contributed by atoms with Gasteiger partial charge < -0.3 is 38.6 Å². The van der Waals surface area contributed by atoms with E-state index in [1.807, 2.05) is 85.1 Å². The van der Waals surface area contributed by atoms with E-state index >= 15 is 0 Å². The van der Waals surface area contributed by atoms with Crippen LogP contribution in [-0.4, -0.2) is 102 Å². The first-order valence-electron chi connectivity index (χ1n) is 30.5. The molecule has 0 amide bonds. The van der Waals surface area contributed by atoms with Crippen LogP contribution in [0.5, 0.6) is 0 Å². The Morgan fingerprint density at radius 3 is 1.37 bits per heavy atom. The number of terminal acetylenes is 1. The van der Waals surface area contributed by atoms with E-state index in [0.717, 1.165) is 94.0 Å². The number of hydrogen-bond acceptors (Lipinski definition) is 11. The fourth-order valence-electron chi connectivity index (χ4n) is 8.60. The summed E-state index contributed by atoms with van der Waals surface area (Å²) in [6.45, 7) is 11.8. The predicted octanol–water partition coefficient (Wildman–Crippen LogP) is 14.4. The molecular weight excluding hydrogens is 1550 g/mol. The fourth-order valence-corrected chi connectivity index (χ4v) is 11.8. The number of aliphatic hydroxyl groups is 2. The van der Waals surface area contributed by atoms with Gasteiger partial charge in [0.2, 0.25) is 0 Å². The van der Waals surface area contributed by atoms with Gasteiger partial charge >= 0.3 is 0 Å². The van der Waals surface area contributed by atoms with Gasteiger partial charge in [0.15, 0.2) is 0 Å². The fraction of sp³-hybridized carbons (Fsp3) is 0.178. The number of pyridine rings is 4. The van der Waals surface area contributed by atoms with E-state index in [-0.39, 0.29) is 58.8 Å². The van der Waals surface area contributed by atoms with Gasteiger partial charge in [-0.05, 0) is 102 Å². The summed E-state index contributed by atoms with van der Waals surface area (Å²) in [7, 11) is 5.17. The van der Waals surface area contributed by atoms with Crippen LogP contribution in [0, 0.1) is 56.1 Å². The molecule has 6 heterocycles. The number of fused-ring (bicyclic) bond motifs is 6. The molecule has 0 aliphatic rings. The molecule has 19 heteroatoms. The molecule has 12 rings (SSSR count). The van der Waals surface area contributed by atoms with Crippen LogP contribution >= 0.6 is 0 Å². The van der Waals surface area contributed by atoms with Crippen LogP contribution in [0.1, 0.15) is 33.7 Å². The first-order valence-corrected chi connectivity index (χ1v) is 36.3. The monoisotopic (exact) mass is 1630 g/mol. The first kappa shape index (κ1) is 71.8. The first-order chi connectivity index (χ1) is 45.1. The smallest absolute Gasteiger partial charge is 0.144 e. The molecule has 0 fully saturated rings. The maximum atomic E-state index is 9.08. The van der Waals surface area contributed by atoms with E-state index in [9.17, 15) is 0 Å². The van der Waals surface area contributed by atoms with Crippen molar-refractivity contribution < 1.29 is 80.5 Å². The van der Waals surface area contributed by atoms with Gasteiger partial charge in [-0.3, -0.25) is 4.98 Å². The summed E-state index contributed by atoms with van der Waals surface area (Å²) in [6, 6.07) is 66.0. The predicted molar refractivity (Wildman–Crippen MR) is 383 cm³/mol. The molecule has 0 unspecified atom stereocenters. The van der Waals surface area contributed by atoms with E-state index in [1.165, 1.54) is 38.9 Å². The van der Waals surface area contributed by atoms with Crippen LogP contribution in [-0.2, 0) is 50.3 Å². The van der Waals surface area contributed by atoms with Crippen molar-refractivity contribution in [2.45, 2.75) is 67.3 Å². The van der Waals surface area contributed by atoms with Gasteiger partial charge in [0, 0.05) is 138 Å². The number of rotatable bonds is 6. The molecule has 6 aromatic heterocycles. The minimum atomic E-state index is -3.92. The maximum Gasteiger partial charge on any atom is 0.144 e. The average molecular weight is 1630 g/mol. The standard InChI is InChI=1S/C20H19NOSi.C20H18NOSi.2C12H10N.C5H4.CH4O3S.2CH4O.CH4.B3.2Ir/c2*1-23(2,3)18-12-7-11-17-19(18)15-9-6-8-14(20(15)22-17)16-10-4-5-13-21-16;2*1-10-7-8-12(13-9-10)11-5-3-2-4-6-11;1-3-5-4-2;1-5(2,3)4;2*1-2;;1-3-2;;/h4-13H,1-3H3;4-7,9-13H,1-3H3;2*2-5,7-9H,1H3;1H,2H3;1H3,(H,2,3,4);2*2H,1H3;1H4;;;/q;3*-1;;;;;;;;/p-1/i;;2*1D3;;;;;;;;. The Morgan fingerprint density at radius 1 is 0.565 bits per heavy atom. The molecule has 6 aromatic carbocycles. The molecule has 0 aliphatic carbocycles. The summed E-state index contributed by atoms with van der Waals surface area (Å²) in [5, 5.41) is 21.8. The van der Waals surface area contributed by atoms with Gasteiger partial charge in [-0.15, -0.1) is 96.4 Å². The number of aryl methyl sites for hydroxylation is 2. The van der Waals surface area contributed by atoms with Crippen molar-refractivity contribution in [3.63, 3.8) is 0 Å². The van der Waals surface area contributed by atoms with Gasteiger partial charge in [0.1, 0.15) is 16.7 Å². The van der Waals surface area contributed by atoms with Crippen molar-refractivity contribution in [3.8, 4) is 69.2 Å². The second-order valence-electron chi connectivity index (χ2n) is 20.6. The zero-order valence-corrected chi connectivity index (χ0v) is 59.8. The zero-order valence-electron chi connectivity index (χ0n) is 58.2. The van der Waals surface area contributed by atoms with Crippen molar-refractivity contribution >= 4 is 103 Å². The normalized spacial score (nSPS) is 11.2. The molecule has 7 radical (unpaired) electrons. The summed E-state index contributed by atoms with van der Waals surface area (Å²) in [5.41, 5.74) is 11.3. The van der Waals surface area contributed by atoms with Gasteiger partial charge in [-0.2, -0.15) is 0 Å². The summed E-state index contributed by atoms with van der Waals surface area (Å²) in [5.74, 6) is 7.08. The molecule has 0 saturated carbocycles. The number of furan rings is 2. The largest absolute Gasteiger partial charge is 0.748 e. The Balaban J connectivity index is 0.000000606. The van der Waals surface area contributed by atoms with E-state index < -0.39 is 40.0 Å². The maximum absolute atomic E-state index is 9.08. The number of para-hydroxylation sites is 1. The molecule has 0 bridgehead atoms. The topological polar surface area (TPSA) is 175 Å².